The van der Waals surface area contributed by atoms with Gasteiger partial charge in [0.15, 0.2) is 0 Å². The SMILES string of the molecule is CC(N)C(=O)NC(CCC(N)=O)C(=O)NC(C)C(=O)NC(CC(N)=O)C(=O)O. The Morgan fingerprint density at radius 3 is 1.79 bits per heavy atom. The molecule has 0 heterocycles. The minimum atomic E-state index is -1.56. The Balaban J connectivity index is 5.02. The third-order valence-corrected chi connectivity index (χ3v) is 3.50. The summed E-state index contributed by atoms with van der Waals surface area (Å²) in [6.07, 6.45) is -0.974. The molecule has 158 valence electrons. The first-order valence-corrected chi connectivity index (χ1v) is 8.31. The summed E-state index contributed by atoms with van der Waals surface area (Å²) >= 11 is 0. The van der Waals surface area contributed by atoms with Crippen molar-refractivity contribution in [2.45, 2.75) is 57.3 Å². The highest BCUT2D eigenvalue weighted by Crippen LogP contribution is 2.00. The summed E-state index contributed by atoms with van der Waals surface area (Å²) in [7, 11) is 0. The number of nitrogens with two attached hydrogens (primary N) is 3. The number of hydrogen-bond donors (Lipinski definition) is 7. The van der Waals surface area contributed by atoms with Gasteiger partial charge in [-0.25, -0.2) is 4.79 Å². The number of rotatable bonds is 12. The van der Waals surface area contributed by atoms with Crippen molar-refractivity contribution >= 4 is 35.5 Å². The van der Waals surface area contributed by atoms with E-state index in [0.29, 0.717) is 0 Å². The van der Waals surface area contributed by atoms with Crippen molar-refractivity contribution in [1.82, 2.24) is 16.0 Å². The van der Waals surface area contributed by atoms with Crippen molar-refractivity contribution in [2.75, 3.05) is 0 Å². The smallest absolute Gasteiger partial charge is 0.326 e. The molecular formula is C15H26N6O7. The normalized spacial score (nSPS) is 14.7. The quantitative estimate of drug-likeness (QED) is 0.169. The third-order valence-electron chi connectivity index (χ3n) is 3.50. The number of carbonyl (C=O) groups excluding carboxylic acids is 5. The number of hydrogen-bond acceptors (Lipinski definition) is 7. The van der Waals surface area contributed by atoms with Crippen molar-refractivity contribution in [3.8, 4) is 0 Å². The van der Waals surface area contributed by atoms with Gasteiger partial charge in [0.05, 0.1) is 12.5 Å². The predicted octanol–water partition coefficient (Wildman–Crippen LogP) is -3.97. The molecule has 0 aromatic rings. The number of amides is 5. The van der Waals surface area contributed by atoms with Gasteiger partial charge in [0.1, 0.15) is 18.1 Å². The van der Waals surface area contributed by atoms with Crippen LogP contribution in [0.25, 0.3) is 0 Å². The fourth-order valence-corrected chi connectivity index (χ4v) is 1.94. The molecule has 0 aliphatic rings. The maximum Gasteiger partial charge on any atom is 0.326 e. The van der Waals surface area contributed by atoms with Crippen LogP contribution in [0.4, 0.5) is 0 Å². The number of carboxylic acids is 1. The van der Waals surface area contributed by atoms with Crippen molar-refractivity contribution < 1.29 is 33.9 Å². The number of carbonyl (C=O) groups is 6. The van der Waals surface area contributed by atoms with Crippen molar-refractivity contribution in [3.05, 3.63) is 0 Å². The van der Waals surface area contributed by atoms with Gasteiger partial charge in [0.25, 0.3) is 0 Å². The van der Waals surface area contributed by atoms with E-state index >= 15 is 0 Å². The average molecular weight is 402 g/mol. The van der Waals surface area contributed by atoms with Crippen LogP contribution in [-0.4, -0.2) is 64.8 Å². The molecule has 10 N–H and O–H groups in total. The Bertz CT molecular complexity index is 636. The second-order valence-corrected chi connectivity index (χ2v) is 6.15. The van der Waals surface area contributed by atoms with Gasteiger partial charge in [0, 0.05) is 6.42 Å². The molecule has 0 fully saturated rings. The fourth-order valence-electron chi connectivity index (χ4n) is 1.94. The standard InChI is InChI=1S/C15H26N6O7/c1-6(16)12(24)20-8(3-4-10(17)22)14(26)19-7(2)13(25)21-9(15(27)28)5-11(18)23/h6-9H,3-5,16H2,1-2H3,(H2,17,22)(H2,18,23)(H,19,26)(H,20,24)(H,21,25)(H,27,28). The topological polar surface area (TPSA) is 237 Å². The molecule has 0 saturated heterocycles. The van der Waals surface area contributed by atoms with Crippen LogP contribution in [-0.2, 0) is 28.8 Å². The van der Waals surface area contributed by atoms with Crippen LogP contribution in [0, 0.1) is 0 Å². The van der Waals surface area contributed by atoms with Gasteiger partial charge < -0.3 is 38.3 Å². The summed E-state index contributed by atoms with van der Waals surface area (Å²) < 4.78 is 0. The number of carboxylic acid groups (broad SMARTS) is 1. The lowest BCUT2D eigenvalue weighted by atomic mass is 10.1. The average Bonchev–Trinajstić information content (AvgIpc) is 2.56. The molecule has 0 spiro atoms. The van der Waals surface area contributed by atoms with Crippen LogP contribution < -0.4 is 33.2 Å². The van der Waals surface area contributed by atoms with Crippen molar-refractivity contribution in [1.29, 1.82) is 0 Å². The Morgan fingerprint density at radius 2 is 1.36 bits per heavy atom. The van der Waals surface area contributed by atoms with E-state index in [0.717, 1.165) is 0 Å². The molecule has 28 heavy (non-hydrogen) atoms. The third kappa shape index (κ3) is 9.47. The summed E-state index contributed by atoms with van der Waals surface area (Å²) in [6, 6.07) is -4.89. The molecule has 13 nitrogen and oxygen atoms in total. The lowest BCUT2D eigenvalue weighted by Gasteiger charge is -2.22. The highest BCUT2D eigenvalue weighted by atomic mass is 16.4. The van der Waals surface area contributed by atoms with Crippen LogP contribution >= 0.6 is 0 Å². The lowest BCUT2D eigenvalue weighted by molar-refractivity contribution is -0.143. The minimum Gasteiger partial charge on any atom is -0.480 e. The van der Waals surface area contributed by atoms with E-state index in [1.165, 1.54) is 13.8 Å². The van der Waals surface area contributed by atoms with E-state index in [1.54, 1.807) is 0 Å². The molecule has 0 radical (unpaired) electrons. The molecule has 0 aliphatic heterocycles. The van der Waals surface area contributed by atoms with Gasteiger partial charge in [-0.15, -0.1) is 0 Å². The van der Waals surface area contributed by atoms with E-state index in [2.05, 4.69) is 16.0 Å². The zero-order valence-corrected chi connectivity index (χ0v) is 15.6. The second kappa shape index (κ2) is 11.5. The molecule has 0 aliphatic carbocycles. The van der Waals surface area contributed by atoms with Crippen molar-refractivity contribution in [2.24, 2.45) is 17.2 Å². The zero-order valence-electron chi connectivity index (χ0n) is 15.6. The first kappa shape index (κ1) is 24.8. The maximum atomic E-state index is 12.3. The van der Waals surface area contributed by atoms with Gasteiger partial charge in [-0.2, -0.15) is 0 Å². The monoisotopic (exact) mass is 402 g/mol. The first-order valence-electron chi connectivity index (χ1n) is 8.31. The van der Waals surface area contributed by atoms with Crippen molar-refractivity contribution in [3.63, 3.8) is 0 Å². The Hall–Kier alpha value is -3.22. The van der Waals surface area contributed by atoms with Crippen LogP contribution in [0.3, 0.4) is 0 Å². The summed E-state index contributed by atoms with van der Waals surface area (Å²) in [6.45, 7) is 2.65. The van der Waals surface area contributed by atoms with E-state index in [-0.39, 0.29) is 12.8 Å². The first-order chi connectivity index (χ1) is 12.8. The predicted molar refractivity (Wildman–Crippen MR) is 95.0 cm³/mol. The van der Waals surface area contributed by atoms with Crippen LogP contribution in [0.1, 0.15) is 33.1 Å². The summed E-state index contributed by atoms with van der Waals surface area (Å²) in [4.78, 5) is 69.0. The van der Waals surface area contributed by atoms with E-state index < -0.39 is 66.1 Å². The van der Waals surface area contributed by atoms with Crippen LogP contribution in [0.15, 0.2) is 0 Å². The fraction of sp³-hybridized carbons (Fsp3) is 0.600. The molecule has 0 aromatic carbocycles. The number of nitrogens with one attached hydrogen (secondary N) is 3. The lowest BCUT2D eigenvalue weighted by Crippen LogP contribution is -2.56. The molecule has 5 amide bonds. The molecule has 0 rings (SSSR count). The van der Waals surface area contributed by atoms with E-state index in [9.17, 15) is 28.8 Å². The van der Waals surface area contributed by atoms with Gasteiger partial charge >= 0.3 is 5.97 Å². The zero-order chi connectivity index (χ0) is 22.0. The summed E-state index contributed by atoms with van der Waals surface area (Å²) in [5, 5.41) is 15.7. The Morgan fingerprint density at radius 1 is 0.821 bits per heavy atom. The Kier molecular flexibility index (Phi) is 10.2. The maximum absolute atomic E-state index is 12.3. The molecule has 4 unspecified atom stereocenters. The minimum absolute atomic E-state index is 0.132. The largest absolute Gasteiger partial charge is 0.480 e. The molecule has 0 bridgehead atoms. The number of primary amides is 2. The van der Waals surface area contributed by atoms with Crippen LogP contribution in [0.5, 0.6) is 0 Å². The Labute approximate surface area is 160 Å². The summed E-state index contributed by atoms with van der Waals surface area (Å²) in [5.74, 6) is -5.47. The summed E-state index contributed by atoms with van der Waals surface area (Å²) in [5.41, 5.74) is 15.4. The molecule has 13 heteroatoms. The van der Waals surface area contributed by atoms with Gasteiger partial charge in [-0.05, 0) is 20.3 Å². The second-order valence-electron chi connectivity index (χ2n) is 6.15. The van der Waals surface area contributed by atoms with E-state index in [1.807, 2.05) is 0 Å². The van der Waals surface area contributed by atoms with Crippen LogP contribution in [0.2, 0.25) is 0 Å². The number of aliphatic carboxylic acids is 1. The molecule has 4 atom stereocenters. The molecule has 0 saturated carbocycles. The highest BCUT2D eigenvalue weighted by molar-refractivity contribution is 5.94. The molecular weight excluding hydrogens is 376 g/mol. The van der Waals surface area contributed by atoms with Gasteiger partial charge in [0.2, 0.25) is 29.5 Å². The van der Waals surface area contributed by atoms with Gasteiger partial charge in [-0.1, -0.05) is 0 Å². The molecule has 0 aromatic heterocycles. The van der Waals surface area contributed by atoms with Gasteiger partial charge in [-0.3, -0.25) is 24.0 Å². The highest BCUT2D eigenvalue weighted by Gasteiger charge is 2.28. The van der Waals surface area contributed by atoms with E-state index in [4.69, 9.17) is 22.3 Å².